The molecule has 0 bridgehead atoms. The molecule has 3 aliphatic rings. The van der Waals surface area contributed by atoms with Crippen molar-refractivity contribution in [1.82, 2.24) is 0 Å². The SMILES string of the molecule is CC1(C)C(O)[C@@]1(O)[C@H]1OC(Sc2ccccc2)[C@]2(O)C(C)(C)[C@]12O. The maximum atomic E-state index is 11.2. The summed E-state index contributed by atoms with van der Waals surface area (Å²) in [6, 6.07) is 9.50. The standard InChI is InChI=1S/C18H24O5S/c1-14(2)11(19)16(14,20)12-17(21)15(3,4)18(17,22)13(23-12)24-10-8-6-5-7-9-10/h5-9,11-13,19-22H,1-4H3/t11?,12-,13?,16-,17-,18+/m1/s1. The summed E-state index contributed by atoms with van der Waals surface area (Å²) in [6.45, 7) is 7.01. The van der Waals surface area contributed by atoms with Crippen LogP contribution < -0.4 is 0 Å². The maximum absolute atomic E-state index is 11.2. The molecule has 24 heavy (non-hydrogen) atoms. The molecule has 132 valence electrons. The molecule has 0 amide bonds. The van der Waals surface area contributed by atoms with Gasteiger partial charge in [-0.15, -0.1) is 0 Å². The van der Waals surface area contributed by atoms with E-state index in [1.165, 1.54) is 11.8 Å². The second kappa shape index (κ2) is 4.37. The van der Waals surface area contributed by atoms with Crippen LogP contribution in [0.1, 0.15) is 27.7 Å². The van der Waals surface area contributed by atoms with Gasteiger partial charge in [0.05, 0.1) is 6.10 Å². The normalized spacial score (nSPS) is 50.4. The number of thioether (sulfide) groups is 1. The summed E-state index contributed by atoms with van der Waals surface area (Å²) in [5.41, 5.74) is -7.02. The fourth-order valence-electron chi connectivity index (χ4n) is 4.60. The first kappa shape index (κ1) is 16.8. The highest BCUT2D eigenvalue weighted by Gasteiger charge is 2.97. The minimum Gasteiger partial charge on any atom is -0.389 e. The Kier molecular flexibility index (Phi) is 3.06. The molecule has 6 heteroatoms. The number of rotatable bonds is 3. The zero-order valence-electron chi connectivity index (χ0n) is 14.2. The van der Waals surface area contributed by atoms with Crippen molar-refractivity contribution in [3.8, 4) is 0 Å². The first-order valence-corrected chi connectivity index (χ1v) is 9.07. The summed E-state index contributed by atoms with van der Waals surface area (Å²) in [7, 11) is 0. The number of fused-ring (bicyclic) bond motifs is 1. The molecule has 1 aromatic carbocycles. The van der Waals surface area contributed by atoms with E-state index in [4.69, 9.17) is 4.74 Å². The highest BCUT2D eigenvalue weighted by atomic mass is 32.2. The minimum absolute atomic E-state index is 0.725. The van der Waals surface area contributed by atoms with Crippen LogP contribution in [0.3, 0.4) is 0 Å². The molecule has 6 atom stereocenters. The quantitative estimate of drug-likeness (QED) is 0.652. The second-order valence-electron chi connectivity index (χ2n) is 8.39. The Bertz CT molecular complexity index is 692. The third kappa shape index (κ3) is 1.48. The van der Waals surface area contributed by atoms with Crippen LogP contribution in [0.4, 0.5) is 0 Å². The van der Waals surface area contributed by atoms with Gasteiger partial charge in [0.25, 0.3) is 0 Å². The topological polar surface area (TPSA) is 90.2 Å². The average molecular weight is 352 g/mol. The molecule has 1 saturated heterocycles. The van der Waals surface area contributed by atoms with E-state index in [1.54, 1.807) is 27.7 Å². The lowest BCUT2D eigenvalue weighted by molar-refractivity contribution is -0.134. The van der Waals surface area contributed by atoms with E-state index in [2.05, 4.69) is 0 Å². The average Bonchev–Trinajstić information content (AvgIpc) is 3.00. The molecule has 0 spiro atoms. The Balaban J connectivity index is 1.71. The van der Waals surface area contributed by atoms with Crippen molar-refractivity contribution in [3.05, 3.63) is 30.3 Å². The van der Waals surface area contributed by atoms with E-state index in [0.717, 1.165) is 4.90 Å². The molecule has 1 heterocycles. The summed E-state index contributed by atoms with van der Waals surface area (Å²) >= 11 is 1.32. The van der Waals surface area contributed by atoms with E-state index >= 15 is 0 Å². The predicted molar refractivity (Wildman–Crippen MR) is 89.4 cm³/mol. The Morgan fingerprint density at radius 1 is 0.958 bits per heavy atom. The van der Waals surface area contributed by atoms with Crippen LogP contribution in [0, 0.1) is 10.8 Å². The molecule has 4 rings (SSSR count). The molecular formula is C18H24O5S. The summed E-state index contributed by atoms with van der Waals surface area (Å²) in [5.74, 6) is 0. The van der Waals surface area contributed by atoms with Gasteiger partial charge < -0.3 is 25.2 Å². The summed E-state index contributed by atoms with van der Waals surface area (Å²) in [6.07, 6.45) is -2.05. The highest BCUT2D eigenvalue weighted by molar-refractivity contribution is 7.99. The molecule has 1 aliphatic heterocycles. The number of aliphatic hydroxyl groups is 4. The zero-order valence-corrected chi connectivity index (χ0v) is 15.0. The Labute approximate surface area is 145 Å². The molecule has 5 nitrogen and oxygen atoms in total. The van der Waals surface area contributed by atoms with E-state index in [1.807, 2.05) is 30.3 Å². The van der Waals surface area contributed by atoms with Crippen LogP contribution >= 0.6 is 11.8 Å². The molecular weight excluding hydrogens is 328 g/mol. The third-order valence-corrected chi connectivity index (χ3v) is 8.05. The lowest BCUT2D eigenvalue weighted by Crippen LogP contribution is -2.47. The Morgan fingerprint density at radius 3 is 2.00 bits per heavy atom. The van der Waals surface area contributed by atoms with Gasteiger partial charge in [-0.25, -0.2) is 0 Å². The van der Waals surface area contributed by atoms with Gasteiger partial charge in [0.2, 0.25) is 0 Å². The van der Waals surface area contributed by atoms with Gasteiger partial charge in [0.15, 0.2) is 0 Å². The summed E-state index contributed by atoms with van der Waals surface area (Å²) in [5, 5.41) is 43.6. The summed E-state index contributed by atoms with van der Waals surface area (Å²) < 4.78 is 5.95. The molecule has 1 aromatic rings. The highest BCUT2D eigenvalue weighted by Crippen LogP contribution is 2.79. The Hall–Kier alpha value is -0.630. The Morgan fingerprint density at radius 2 is 1.50 bits per heavy atom. The lowest BCUT2D eigenvalue weighted by atomic mass is 9.92. The van der Waals surface area contributed by atoms with Crippen molar-refractivity contribution in [2.45, 2.75) is 67.0 Å². The van der Waals surface area contributed by atoms with Gasteiger partial charge in [-0.1, -0.05) is 57.7 Å². The van der Waals surface area contributed by atoms with E-state index in [0.29, 0.717) is 0 Å². The first-order valence-electron chi connectivity index (χ1n) is 8.19. The van der Waals surface area contributed by atoms with Crippen molar-refractivity contribution < 1.29 is 25.2 Å². The van der Waals surface area contributed by atoms with Gasteiger partial charge in [-0.3, -0.25) is 0 Å². The molecule has 4 N–H and O–H groups in total. The molecule has 3 fully saturated rings. The smallest absolute Gasteiger partial charge is 0.140 e. The van der Waals surface area contributed by atoms with Crippen LogP contribution in [0.25, 0.3) is 0 Å². The van der Waals surface area contributed by atoms with Crippen LogP contribution in [0.5, 0.6) is 0 Å². The molecule has 0 radical (unpaired) electrons. The first-order chi connectivity index (χ1) is 11.0. The van der Waals surface area contributed by atoms with Crippen LogP contribution in [-0.2, 0) is 4.74 Å². The van der Waals surface area contributed by atoms with Gasteiger partial charge in [0, 0.05) is 15.7 Å². The number of ether oxygens (including phenoxy) is 1. The minimum atomic E-state index is -1.60. The van der Waals surface area contributed by atoms with Crippen molar-refractivity contribution in [3.63, 3.8) is 0 Å². The van der Waals surface area contributed by atoms with Crippen LogP contribution in [0.2, 0.25) is 0 Å². The number of hydrogen-bond donors (Lipinski definition) is 4. The summed E-state index contributed by atoms with van der Waals surface area (Å²) in [4.78, 5) is 0.907. The molecule has 2 unspecified atom stereocenters. The predicted octanol–water partition coefficient (Wildman–Crippen LogP) is 1.14. The molecule has 2 saturated carbocycles. The van der Waals surface area contributed by atoms with Gasteiger partial charge in [-0.05, 0) is 12.1 Å². The van der Waals surface area contributed by atoms with E-state index < -0.39 is 45.3 Å². The second-order valence-corrected chi connectivity index (χ2v) is 9.52. The van der Waals surface area contributed by atoms with Gasteiger partial charge in [-0.2, -0.15) is 0 Å². The number of benzene rings is 1. The van der Waals surface area contributed by atoms with Crippen molar-refractivity contribution in [1.29, 1.82) is 0 Å². The van der Waals surface area contributed by atoms with E-state index in [9.17, 15) is 20.4 Å². The van der Waals surface area contributed by atoms with Crippen molar-refractivity contribution in [2.75, 3.05) is 0 Å². The van der Waals surface area contributed by atoms with Crippen molar-refractivity contribution >= 4 is 11.8 Å². The lowest BCUT2D eigenvalue weighted by Gasteiger charge is -2.31. The monoisotopic (exact) mass is 352 g/mol. The van der Waals surface area contributed by atoms with E-state index in [-0.39, 0.29) is 0 Å². The fourth-order valence-corrected chi connectivity index (χ4v) is 5.98. The zero-order chi connectivity index (χ0) is 17.8. The number of hydrogen-bond acceptors (Lipinski definition) is 6. The maximum Gasteiger partial charge on any atom is 0.140 e. The van der Waals surface area contributed by atoms with Crippen molar-refractivity contribution in [2.24, 2.45) is 10.8 Å². The largest absolute Gasteiger partial charge is 0.389 e. The fraction of sp³-hybridized carbons (Fsp3) is 0.667. The van der Waals surface area contributed by atoms with Gasteiger partial charge in [0.1, 0.15) is 28.3 Å². The van der Waals surface area contributed by atoms with Crippen LogP contribution in [-0.4, -0.2) is 54.9 Å². The third-order valence-electron chi connectivity index (χ3n) is 6.84. The number of aliphatic hydroxyl groups excluding tert-OH is 1. The van der Waals surface area contributed by atoms with Crippen LogP contribution in [0.15, 0.2) is 35.2 Å². The van der Waals surface area contributed by atoms with Gasteiger partial charge >= 0.3 is 0 Å². The molecule has 2 aliphatic carbocycles. The molecule has 0 aromatic heterocycles.